The van der Waals surface area contributed by atoms with E-state index < -0.39 is 0 Å². The summed E-state index contributed by atoms with van der Waals surface area (Å²) in [6, 6.07) is 9.55. The Morgan fingerprint density at radius 3 is 2.00 bits per heavy atom. The van der Waals surface area contributed by atoms with Gasteiger partial charge in [-0.1, -0.05) is 23.7 Å². The molecule has 0 fully saturated rings. The third-order valence-electron chi connectivity index (χ3n) is 4.69. The molecule has 0 bridgehead atoms. The van der Waals surface area contributed by atoms with Crippen LogP contribution in [-0.4, -0.2) is 38.7 Å². The highest BCUT2D eigenvalue weighted by Gasteiger charge is 2.18. The predicted octanol–water partition coefficient (Wildman–Crippen LogP) is -0.436. The maximum absolute atomic E-state index is 10.3. The molecule has 0 amide bonds. The minimum Gasteiger partial charge on any atom is -0.509 e. The van der Waals surface area contributed by atoms with Gasteiger partial charge in [0.2, 0.25) is 0 Å². The molecule has 2 N–H and O–H groups in total. The van der Waals surface area contributed by atoms with Gasteiger partial charge in [-0.05, 0) is 52.6 Å². The summed E-state index contributed by atoms with van der Waals surface area (Å²) >= 11 is 5.95. The lowest BCUT2D eigenvalue weighted by atomic mass is 9.72. The number of rotatable bonds is 2. The van der Waals surface area contributed by atoms with E-state index in [1.807, 2.05) is 52.9 Å². The van der Waals surface area contributed by atoms with Crippen LogP contribution in [0.3, 0.4) is 0 Å². The van der Waals surface area contributed by atoms with Gasteiger partial charge in [0.25, 0.3) is 0 Å². The van der Waals surface area contributed by atoms with Crippen molar-refractivity contribution in [2.45, 2.75) is 6.92 Å². The number of hydrogen-bond acceptors (Lipinski definition) is 3. The van der Waals surface area contributed by atoms with Gasteiger partial charge in [-0.2, -0.15) is 0 Å². The first kappa shape index (κ1) is 17.5. The Hall–Kier alpha value is -2.33. The Bertz CT molecular complexity index is 946. The van der Waals surface area contributed by atoms with E-state index >= 15 is 0 Å². The van der Waals surface area contributed by atoms with Crippen molar-refractivity contribution in [3.05, 3.63) is 47.1 Å². The van der Waals surface area contributed by atoms with Gasteiger partial charge in [0.15, 0.2) is 0 Å². The average Bonchev–Trinajstić information content (AvgIpc) is 2.60. The Labute approximate surface area is 154 Å². The van der Waals surface area contributed by atoms with Crippen LogP contribution < -0.4 is 16.4 Å². The summed E-state index contributed by atoms with van der Waals surface area (Å²) in [7, 11) is 5.43. The highest BCUT2D eigenvalue weighted by molar-refractivity contribution is 6.51. The number of phenols is 2. The smallest absolute Gasteiger partial charge is 0.149 e. The van der Waals surface area contributed by atoms with Crippen LogP contribution in [0.25, 0.3) is 22.4 Å². The second-order valence-electron chi connectivity index (χ2n) is 6.34. The zero-order valence-corrected chi connectivity index (χ0v) is 15.4. The van der Waals surface area contributed by atoms with E-state index in [2.05, 4.69) is 4.98 Å². The molecule has 1 aromatic heterocycles. The molecule has 0 radical (unpaired) electrons. The van der Waals surface area contributed by atoms with Gasteiger partial charge in [0.05, 0.1) is 5.69 Å². The molecule has 0 spiro atoms. The molecule has 2 aromatic carbocycles. The average molecular weight is 347 g/mol. The number of hydrogen-bond donors (Lipinski definition) is 2. The van der Waals surface area contributed by atoms with Crippen molar-refractivity contribution in [1.29, 1.82) is 0 Å². The predicted molar refractivity (Wildman–Crippen MR) is 113 cm³/mol. The molecule has 3 aromatic rings. The molecule has 3 nitrogen and oxygen atoms in total. The van der Waals surface area contributed by atoms with E-state index in [4.69, 9.17) is 11.6 Å². The van der Waals surface area contributed by atoms with Crippen molar-refractivity contribution in [2.75, 3.05) is 0 Å². The number of pyridine rings is 1. The number of aryl methyl sites for hydroxylation is 1. The van der Waals surface area contributed by atoms with E-state index in [0.717, 1.165) is 38.9 Å². The fraction of sp³-hybridized carbons (Fsp3) is 0.0556. The van der Waals surface area contributed by atoms with Crippen LogP contribution in [0.15, 0.2) is 36.5 Å². The molecule has 0 saturated carbocycles. The second kappa shape index (κ2) is 6.53. The zero-order chi connectivity index (χ0) is 18.3. The van der Waals surface area contributed by atoms with Gasteiger partial charge >= 0.3 is 0 Å². The van der Waals surface area contributed by atoms with Crippen molar-refractivity contribution in [3.8, 4) is 33.9 Å². The van der Waals surface area contributed by atoms with Crippen LogP contribution in [0.1, 0.15) is 5.56 Å². The van der Waals surface area contributed by atoms with E-state index in [1.54, 1.807) is 14.0 Å². The molecule has 0 aliphatic heterocycles. The number of aromatic nitrogens is 1. The molecule has 0 saturated heterocycles. The summed E-state index contributed by atoms with van der Waals surface area (Å²) < 4.78 is 0. The number of benzene rings is 2. The van der Waals surface area contributed by atoms with Gasteiger partial charge in [-0.25, -0.2) is 0 Å². The van der Waals surface area contributed by atoms with Gasteiger partial charge < -0.3 is 10.2 Å². The van der Waals surface area contributed by atoms with Crippen LogP contribution in [0.4, 0.5) is 0 Å². The van der Waals surface area contributed by atoms with Gasteiger partial charge in [-0.3, -0.25) is 4.98 Å². The van der Waals surface area contributed by atoms with Crippen molar-refractivity contribution < 1.29 is 10.2 Å². The Kier molecular flexibility index (Phi) is 4.57. The van der Waals surface area contributed by atoms with Gasteiger partial charge in [-0.15, -0.1) is 0 Å². The second-order valence-corrected chi connectivity index (χ2v) is 6.78. The van der Waals surface area contributed by atoms with Crippen LogP contribution >= 0.6 is 11.6 Å². The number of halogens is 1. The SMILES string of the molecule is Bc1c(O)c(B)c(-c2cnc(-c3ccc(Cl)cc3)cc2C)c(B)c1O. The number of nitrogens with zero attached hydrogens (tertiary/aromatic N) is 1. The maximum Gasteiger partial charge on any atom is 0.149 e. The summed E-state index contributed by atoms with van der Waals surface area (Å²) in [5, 5.41) is 21.3. The Morgan fingerprint density at radius 1 is 0.920 bits per heavy atom. The summed E-state index contributed by atoms with van der Waals surface area (Å²) in [6.07, 6.45) is 1.79. The molecule has 0 atom stereocenters. The zero-order valence-electron chi connectivity index (χ0n) is 14.7. The first-order chi connectivity index (χ1) is 11.8. The quantitative estimate of drug-likeness (QED) is 0.619. The molecule has 0 aliphatic rings. The number of aromatic hydroxyl groups is 2. The van der Waals surface area contributed by atoms with Crippen molar-refractivity contribution >= 4 is 51.5 Å². The maximum atomic E-state index is 10.3. The monoisotopic (exact) mass is 347 g/mol. The molecular weight excluding hydrogens is 330 g/mol. The highest BCUT2D eigenvalue weighted by atomic mass is 35.5. The standard InChI is InChI=1S/C18H17B3ClNO2/c1-8-6-12(9-2-4-10(22)5-3-9)23-7-11(8)13-14(19)17(24)16(21)18(25)15(13)20/h2-7,24-25H,19-21H2,1H3. The first-order valence-electron chi connectivity index (χ1n) is 8.06. The van der Waals surface area contributed by atoms with Crippen molar-refractivity contribution in [1.82, 2.24) is 4.98 Å². The third-order valence-corrected chi connectivity index (χ3v) is 4.94. The van der Waals surface area contributed by atoms with Crippen LogP contribution in [0, 0.1) is 6.92 Å². The fourth-order valence-electron chi connectivity index (χ4n) is 3.19. The van der Waals surface area contributed by atoms with Crippen LogP contribution in [0.2, 0.25) is 5.02 Å². The highest BCUT2D eigenvalue weighted by Crippen LogP contribution is 2.27. The minimum absolute atomic E-state index is 0.124. The lowest BCUT2D eigenvalue weighted by Gasteiger charge is -2.19. The number of phenolic OH excluding ortho intramolecular Hbond substituents is 2. The summed E-state index contributed by atoms with van der Waals surface area (Å²) in [6.45, 7) is 2.00. The Morgan fingerprint density at radius 2 is 1.48 bits per heavy atom. The molecule has 0 unspecified atom stereocenters. The lowest BCUT2D eigenvalue weighted by molar-refractivity contribution is 0.464. The van der Waals surface area contributed by atoms with Gasteiger partial charge in [0, 0.05) is 22.3 Å². The van der Waals surface area contributed by atoms with Crippen LogP contribution in [-0.2, 0) is 0 Å². The molecule has 122 valence electrons. The molecule has 0 aliphatic carbocycles. The summed E-state index contributed by atoms with van der Waals surface area (Å²) in [4.78, 5) is 4.57. The first-order valence-corrected chi connectivity index (χ1v) is 8.43. The third kappa shape index (κ3) is 3.02. The molecule has 3 rings (SSSR count). The summed E-state index contributed by atoms with van der Waals surface area (Å²) in [5.41, 5.74) is 6.59. The normalized spacial score (nSPS) is 10.8. The topological polar surface area (TPSA) is 53.4 Å². The molecule has 25 heavy (non-hydrogen) atoms. The largest absolute Gasteiger partial charge is 0.509 e. The van der Waals surface area contributed by atoms with E-state index in [0.29, 0.717) is 10.5 Å². The molecule has 1 heterocycles. The van der Waals surface area contributed by atoms with E-state index in [1.165, 1.54) is 0 Å². The van der Waals surface area contributed by atoms with Crippen molar-refractivity contribution in [2.24, 2.45) is 0 Å². The molecule has 7 heteroatoms. The van der Waals surface area contributed by atoms with Crippen LogP contribution in [0.5, 0.6) is 11.5 Å². The van der Waals surface area contributed by atoms with E-state index in [9.17, 15) is 10.2 Å². The molecular formula is C18H17B3ClNO2. The lowest BCUT2D eigenvalue weighted by Crippen LogP contribution is -2.28. The Balaban J connectivity index is 2.16. The summed E-state index contributed by atoms with van der Waals surface area (Å²) in [5.74, 6) is 0.249. The minimum atomic E-state index is 0.124. The van der Waals surface area contributed by atoms with Crippen molar-refractivity contribution in [3.63, 3.8) is 0 Å². The fourth-order valence-corrected chi connectivity index (χ4v) is 3.32. The van der Waals surface area contributed by atoms with Gasteiger partial charge in [0.1, 0.15) is 35.0 Å². The van der Waals surface area contributed by atoms with E-state index in [-0.39, 0.29) is 11.5 Å².